The Balaban J connectivity index is 1.74. The van der Waals surface area contributed by atoms with Gasteiger partial charge in [0, 0.05) is 19.5 Å². The van der Waals surface area contributed by atoms with Gasteiger partial charge in [-0.3, -0.25) is 4.79 Å². The second-order valence-corrected chi connectivity index (χ2v) is 5.83. The molecule has 3 N–H and O–H groups in total. The van der Waals surface area contributed by atoms with Crippen LogP contribution in [0.3, 0.4) is 0 Å². The second-order valence-electron chi connectivity index (χ2n) is 5.83. The molecule has 0 bridgehead atoms. The molecule has 1 aromatic carbocycles. The Bertz CT molecular complexity index is 490. The summed E-state index contributed by atoms with van der Waals surface area (Å²) in [6.45, 7) is 2.12. The van der Waals surface area contributed by atoms with Crippen LogP contribution in [0.4, 0.5) is 4.79 Å². The lowest BCUT2D eigenvalue weighted by atomic mass is 9.90. The number of hydrogen-bond donors (Lipinski definition) is 3. The van der Waals surface area contributed by atoms with E-state index in [4.69, 9.17) is 0 Å². The molecule has 0 aromatic heterocycles. The molecular formula is C17H25N3O2. The van der Waals surface area contributed by atoms with E-state index in [-0.39, 0.29) is 24.0 Å². The quantitative estimate of drug-likeness (QED) is 0.778. The molecule has 1 aliphatic rings. The van der Waals surface area contributed by atoms with E-state index in [2.05, 4.69) is 16.0 Å². The number of benzene rings is 1. The molecule has 2 atom stereocenters. The average molecular weight is 303 g/mol. The van der Waals surface area contributed by atoms with Gasteiger partial charge in [0.2, 0.25) is 5.91 Å². The first kappa shape index (κ1) is 16.3. The van der Waals surface area contributed by atoms with Crippen LogP contribution in [0.15, 0.2) is 30.3 Å². The van der Waals surface area contributed by atoms with E-state index >= 15 is 0 Å². The molecule has 0 radical (unpaired) electrons. The fraction of sp³-hybridized carbons (Fsp3) is 0.529. The molecule has 2 rings (SSSR count). The van der Waals surface area contributed by atoms with Crippen LogP contribution in [0.1, 0.15) is 38.2 Å². The minimum Gasteiger partial charge on any atom is -0.352 e. The number of carbonyl (C=O) groups excluding carboxylic acids is 2. The summed E-state index contributed by atoms with van der Waals surface area (Å²) in [6, 6.07) is 9.99. The molecule has 5 heteroatoms. The van der Waals surface area contributed by atoms with Crippen LogP contribution in [0.2, 0.25) is 0 Å². The van der Waals surface area contributed by atoms with Gasteiger partial charge in [-0.05, 0) is 24.8 Å². The highest BCUT2D eigenvalue weighted by molar-refractivity contribution is 5.75. The summed E-state index contributed by atoms with van der Waals surface area (Å²) in [5, 5.41) is 8.82. The maximum Gasteiger partial charge on any atom is 0.315 e. The zero-order chi connectivity index (χ0) is 15.8. The smallest absolute Gasteiger partial charge is 0.315 e. The van der Waals surface area contributed by atoms with E-state index in [0.717, 1.165) is 32.1 Å². The number of amides is 3. The van der Waals surface area contributed by atoms with E-state index in [1.807, 2.05) is 30.3 Å². The van der Waals surface area contributed by atoms with Crippen molar-refractivity contribution in [2.75, 3.05) is 6.54 Å². The van der Waals surface area contributed by atoms with Crippen molar-refractivity contribution in [3.8, 4) is 0 Å². The second kappa shape index (κ2) is 8.41. The summed E-state index contributed by atoms with van der Waals surface area (Å²) in [5.74, 6) is -0.0387. The van der Waals surface area contributed by atoms with E-state index < -0.39 is 0 Å². The molecule has 1 aliphatic carbocycles. The Kier molecular flexibility index (Phi) is 6.25. The van der Waals surface area contributed by atoms with Crippen LogP contribution in [-0.4, -0.2) is 30.6 Å². The third kappa shape index (κ3) is 5.39. The van der Waals surface area contributed by atoms with Crippen molar-refractivity contribution in [2.45, 2.75) is 51.1 Å². The minimum atomic E-state index is -0.154. The predicted molar refractivity (Wildman–Crippen MR) is 86.5 cm³/mol. The van der Waals surface area contributed by atoms with Gasteiger partial charge in [-0.2, -0.15) is 0 Å². The third-order valence-corrected chi connectivity index (χ3v) is 4.01. The molecule has 1 fully saturated rings. The normalized spacial score (nSPS) is 21.0. The summed E-state index contributed by atoms with van der Waals surface area (Å²) in [7, 11) is 0. The first-order valence-corrected chi connectivity index (χ1v) is 8.00. The number of rotatable bonds is 5. The summed E-state index contributed by atoms with van der Waals surface area (Å²) >= 11 is 0. The lowest BCUT2D eigenvalue weighted by Gasteiger charge is -2.32. The van der Waals surface area contributed by atoms with Crippen LogP contribution >= 0.6 is 0 Å². The first-order chi connectivity index (χ1) is 10.6. The van der Waals surface area contributed by atoms with Crippen LogP contribution in [0, 0.1) is 0 Å². The van der Waals surface area contributed by atoms with Gasteiger partial charge >= 0.3 is 6.03 Å². The lowest BCUT2D eigenvalue weighted by Crippen LogP contribution is -2.54. The van der Waals surface area contributed by atoms with Crippen molar-refractivity contribution in [3.05, 3.63) is 35.9 Å². The minimum absolute atomic E-state index is 0.0226. The van der Waals surface area contributed by atoms with E-state index in [0.29, 0.717) is 6.54 Å². The van der Waals surface area contributed by atoms with Gasteiger partial charge in [0.15, 0.2) is 0 Å². The molecule has 120 valence electrons. The van der Waals surface area contributed by atoms with Crippen LogP contribution in [0.25, 0.3) is 0 Å². The highest BCUT2D eigenvalue weighted by Crippen LogP contribution is 2.18. The zero-order valence-electron chi connectivity index (χ0n) is 13.1. The van der Waals surface area contributed by atoms with E-state index in [1.54, 1.807) is 0 Å². The van der Waals surface area contributed by atoms with Crippen molar-refractivity contribution < 1.29 is 9.59 Å². The van der Waals surface area contributed by atoms with Crippen molar-refractivity contribution in [3.63, 3.8) is 0 Å². The molecule has 1 saturated carbocycles. The monoisotopic (exact) mass is 303 g/mol. The van der Waals surface area contributed by atoms with Crippen molar-refractivity contribution >= 4 is 11.9 Å². The largest absolute Gasteiger partial charge is 0.352 e. The van der Waals surface area contributed by atoms with Gasteiger partial charge in [-0.25, -0.2) is 4.79 Å². The first-order valence-electron chi connectivity index (χ1n) is 8.00. The molecule has 1 aromatic rings. The van der Waals surface area contributed by atoms with Gasteiger partial charge in [0.25, 0.3) is 0 Å². The standard InChI is InChI=1S/C17H25N3O2/c1-13(21)19-15-9-5-6-10-16(15)20-17(22)18-12-11-14-7-3-2-4-8-14/h2-4,7-8,15-16H,5-6,9-12H2,1H3,(H,19,21)(H2,18,20,22). The summed E-state index contributed by atoms with van der Waals surface area (Å²) < 4.78 is 0. The summed E-state index contributed by atoms with van der Waals surface area (Å²) in [6.07, 6.45) is 4.84. The number of hydrogen-bond acceptors (Lipinski definition) is 2. The predicted octanol–water partition coefficient (Wildman–Crippen LogP) is 1.98. The van der Waals surface area contributed by atoms with Gasteiger partial charge in [-0.1, -0.05) is 43.2 Å². The molecule has 0 spiro atoms. The Morgan fingerprint density at radius 2 is 1.68 bits per heavy atom. The molecule has 3 amide bonds. The Morgan fingerprint density at radius 1 is 1.05 bits per heavy atom. The molecule has 0 heterocycles. The highest BCUT2D eigenvalue weighted by Gasteiger charge is 2.26. The SMILES string of the molecule is CC(=O)NC1CCCCC1NC(=O)NCCc1ccccc1. The molecule has 22 heavy (non-hydrogen) atoms. The van der Waals surface area contributed by atoms with E-state index in [9.17, 15) is 9.59 Å². The number of urea groups is 1. The van der Waals surface area contributed by atoms with Crippen molar-refractivity contribution in [1.82, 2.24) is 16.0 Å². The topological polar surface area (TPSA) is 70.2 Å². The molecule has 2 unspecified atom stereocenters. The summed E-state index contributed by atoms with van der Waals surface area (Å²) in [5.41, 5.74) is 1.21. The van der Waals surface area contributed by atoms with Gasteiger partial charge in [0.05, 0.1) is 6.04 Å². The molecule has 0 saturated heterocycles. The fourth-order valence-corrected chi connectivity index (χ4v) is 2.92. The molecular weight excluding hydrogens is 278 g/mol. The van der Waals surface area contributed by atoms with Gasteiger partial charge in [-0.15, -0.1) is 0 Å². The van der Waals surface area contributed by atoms with Gasteiger partial charge in [0.1, 0.15) is 0 Å². The number of carbonyl (C=O) groups is 2. The maximum atomic E-state index is 12.0. The molecule has 5 nitrogen and oxygen atoms in total. The van der Waals surface area contributed by atoms with Crippen LogP contribution in [-0.2, 0) is 11.2 Å². The van der Waals surface area contributed by atoms with E-state index in [1.165, 1.54) is 12.5 Å². The zero-order valence-corrected chi connectivity index (χ0v) is 13.1. The lowest BCUT2D eigenvalue weighted by molar-refractivity contribution is -0.120. The Hall–Kier alpha value is -2.04. The fourth-order valence-electron chi connectivity index (χ4n) is 2.92. The average Bonchev–Trinajstić information content (AvgIpc) is 2.50. The van der Waals surface area contributed by atoms with Crippen molar-refractivity contribution in [2.24, 2.45) is 0 Å². The molecule has 0 aliphatic heterocycles. The highest BCUT2D eigenvalue weighted by atomic mass is 16.2. The van der Waals surface area contributed by atoms with Crippen LogP contribution < -0.4 is 16.0 Å². The third-order valence-electron chi connectivity index (χ3n) is 4.01. The Morgan fingerprint density at radius 3 is 2.32 bits per heavy atom. The van der Waals surface area contributed by atoms with Crippen molar-refractivity contribution in [1.29, 1.82) is 0 Å². The van der Waals surface area contributed by atoms with Crippen LogP contribution in [0.5, 0.6) is 0 Å². The van der Waals surface area contributed by atoms with Gasteiger partial charge < -0.3 is 16.0 Å². The Labute approximate surface area is 131 Å². The summed E-state index contributed by atoms with van der Waals surface area (Å²) in [4.78, 5) is 23.2. The number of nitrogens with one attached hydrogen (secondary N) is 3. The maximum absolute atomic E-state index is 12.0.